The van der Waals surface area contributed by atoms with Gasteiger partial charge >= 0.3 is 0 Å². The minimum absolute atomic E-state index is 0.486. The summed E-state index contributed by atoms with van der Waals surface area (Å²) in [5, 5.41) is 0. The van der Waals surface area contributed by atoms with Gasteiger partial charge < -0.3 is 4.98 Å². The molecule has 1 N–H and O–H groups in total. The summed E-state index contributed by atoms with van der Waals surface area (Å²) in [5.41, 5.74) is 1.86. The van der Waals surface area contributed by atoms with Gasteiger partial charge in [-0.1, -0.05) is 33.6 Å². The second-order valence-electron chi connectivity index (χ2n) is 4.29. The van der Waals surface area contributed by atoms with E-state index in [4.69, 9.17) is 0 Å². The average Bonchev–Trinajstić information content (AvgIpc) is 2.57. The standard InChI is InChI=1S/C12H21N/c1-4-8-12(3,5-2)10-11-7-6-9-13-11/h6-7,9,13H,4-5,8,10H2,1-3H3. The lowest BCUT2D eigenvalue weighted by molar-refractivity contribution is 0.277. The molecule has 1 atom stereocenters. The van der Waals surface area contributed by atoms with E-state index < -0.39 is 0 Å². The van der Waals surface area contributed by atoms with Gasteiger partial charge in [-0.25, -0.2) is 0 Å². The zero-order valence-electron chi connectivity index (χ0n) is 9.06. The first-order valence-corrected chi connectivity index (χ1v) is 5.32. The number of hydrogen-bond acceptors (Lipinski definition) is 0. The quantitative estimate of drug-likeness (QED) is 0.708. The third-order valence-corrected chi connectivity index (χ3v) is 2.99. The molecule has 0 bridgehead atoms. The summed E-state index contributed by atoms with van der Waals surface area (Å²) < 4.78 is 0. The van der Waals surface area contributed by atoms with Crippen molar-refractivity contribution in [2.75, 3.05) is 0 Å². The molecule has 0 amide bonds. The van der Waals surface area contributed by atoms with Crippen LogP contribution in [0.2, 0.25) is 0 Å². The molecule has 0 spiro atoms. The highest BCUT2D eigenvalue weighted by atomic mass is 14.7. The Bertz CT molecular complexity index is 225. The Kier molecular flexibility index (Phi) is 3.58. The third-order valence-electron chi connectivity index (χ3n) is 2.99. The molecule has 0 aliphatic heterocycles. The number of H-pyrrole nitrogens is 1. The maximum absolute atomic E-state index is 3.29. The Balaban J connectivity index is 2.58. The van der Waals surface area contributed by atoms with E-state index in [1.807, 2.05) is 6.20 Å². The molecule has 13 heavy (non-hydrogen) atoms. The molecular weight excluding hydrogens is 158 g/mol. The fourth-order valence-corrected chi connectivity index (χ4v) is 1.93. The van der Waals surface area contributed by atoms with Gasteiger partial charge in [0.05, 0.1) is 0 Å². The number of nitrogens with one attached hydrogen (secondary N) is 1. The summed E-state index contributed by atoms with van der Waals surface area (Å²) in [6, 6.07) is 4.26. The third kappa shape index (κ3) is 2.91. The number of hydrogen-bond donors (Lipinski definition) is 1. The van der Waals surface area contributed by atoms with Crippen molar-refractivity contribution in [3.05, 3.63) is 24.0 Å². The summed E-state index contributed by atoms with van der Waals surface area (Å²) in [5.74, 6) is 0. The van der Waals surface area contributed by atoms with Crippen molar-refractivity contribution in [3.63, 3.8) is 0 Å². The maximum Gasteiger partial charge on any atom is 0.0152 e. The van der Waals surface area contributed by atoms with Crippen LogP contribution in [0.4, 0.5) is 0 Å². The van der Waals surface area contributed by atoms with E-state index in [-0.39, 0.29) is 0 Å². The Morgan fingerprint density at radius 1 is 1.38 bits per heavy atom. The molecule has 0 saturated carbocycles. The van der Waals surface area contributed by atoms with Gasteiger partial charge in [-0.2, -0.15) is 0 Å². The molecule has 0 aromatic carbocycles. The Morgan fingerprint density at radius 2 is 2.15 bits per heavy atom. The molecule has 0 saturated heterocycles. The minimum atomic E-state index is 0.486. The van der Waals surface area contributed by atoms with Gasteiger partial charge in [0.15, 0.2) is 0 Å². The predicted octanol–water partition coefficient (Wildman–Crippen LogP) is 3.77. The van der Waals surface area contributed by atoms with Gasteiger partial charge in [-0.05, 0) is 30.4 Å². The molecule has 1 aromatic heterocycles. The van der Waals surface area contributed by atoms with Crippen LogP contribution in [-0.4, -0.2) is 4.98 Å². The first kappa shape index (κ1) is 10.4. The van der Waals surface area contributed by atoms with E-state index in [1.54, 1.807) is 0 Å². The van der Waals surface area contributed by atoms with Crippen molar-refractivity contribution in [2.45, 2.75) is 46.5 Å². The highest BCUT2D eigenvalue weighted by molar-refractivity contribution is 5.06. The molecule has 1 rings (SSSR count). The van der Waals surface area contributed by atoms with Crippen LogP contribution in [0.3, 0.4) is 0 Å². The summed E-state index contributed by atoms with van der Waals surface area (Å²) >= 11 is 0. The summed E-state index contributed by atoms with van der Waals surface area (Å²) in [6.07, 6.45) is 7.06. The second-order valence-corrected chi connectivity index (χ2v) is 4.29. The van der Waals surface area contributed by atoms with Crippen LogP contribution >= 0.6 is 0 Å². The lowest BCUT2D eigenvalue weighted by atomic mass is 9.79. The maximum atomic E-state index is 3.29. The Hall–Kier alpha value is -0.720. The van der Waals surface area contributed by atoms with E-state index in [1.165, 1.54) is 31.4 Å². The molecule has 0 radical (unpaired) electrons. The smallest absolute Gasteiger partial charge is 0.0152 e. The van der Waals surface area contributed by atoms with Crippen LogP contribution in [0.5, 0.6) is 0 Å². The molecule has 1 nitrogen and oxygen atoms in total. The molecule has 0 aliphatic carbocycles. The second kappa shape index (κ2) is 4.50. The lowest BCUT2D eigenvalue weighted by Gasteiger charge is -2.27. The van der Waals surface area contributed by atoms with Crippen molar-refractivity contribution >= 4 is 0 Å². The SMILES string of the molecule is CCCC(C)(CC)Cc1ccc[nH]1. The number of aromatic nitrogens is 1. The topological polar surface area (TPSA) is 15.8 Å². The Labute approximate surface area is 81.6 Å². The van der Waals surface area contributed by atoms with E-state index in [9.17, 15) is 0 Å². The van der Waals surface area contributed by atoms with E-state index in [0.29, 0.717) is 5.41 Å². The van der Waals surface area contributed by atoms with Crippen molar-refractivity contribution < 1.29 is 0 Å². The van der Waals surface area contributed by atoms with Gasteiger partial charge in [-0.15, -0.1) is 0 Å². The van der Waals surface area contributed by atoms with Crippen LogP contribution in [0, 0.1) is 5.41 Å². The molecule has 0 fully saturated rings. The fourth-order valence-electron chi connectivity index (χ4n) is 1.93. The normalized spacial score (nSPS) is 15.6. The molecular formula is C12H21N. The average molecular weight is 179 g/mol. The molecule has 74 valence electrons. The van der Waals surface area contributed by atoms with Crippen LogP contribution in [0.1, 0.15) is 45.7 Å². The van der Waals surface area contributed by atoms with Crippen LogP contribution in [0.15, 0.2) is 18.3 Å². The fraction of sp³-hybridized carbons (Fsp3) is 0.667. The number of aromatic amines is 1. The zero-order chi connectivity index (χ0) is 9.73. The first-order valence-electron chi connectivity index (χ1n) is 5.32. The summed E-state index contributed by atoms with van der Waals surface area (Å²) in [4.78, 5) is 3.29. The van der Waals surface area contributed by atoms with Crippen molar-refractivity contribution in [2.24, 2.45) is 5.41 Å². The molecule has 1 unspecified atom stereocenters. The van der Waals surface area contributed by atoms with Crippen molar-refractivity contribution in [1.29, 1.82) is 0 Å². The van der Waals surface area contributed by atoms with Crippen molar-refractivity contribution in [3.8, 4) is 0 Å². The molecule has 1 heterocycles. The van der Waals surface area contributed by atoms with Gasteiger partial charge in [0.1, 0.15) is 0 Å². The summed E-state index contributed by atoms with van der Waals surface area (Å²) in [7, 11) is 0. The molecule has 0 aliphatic rings. The first-order chi connectivity index (χ1) is 6.20. The molecule has 1 aromatic rings. The zero-order valence-corrected chi connectivity index (χ0v) is 9.06. The van der Waals surface area contributed by atoms with Gasteiger partial charge in [0.25, 0.3) is 0 Å². The lowest BCUT2D eigenvalue weighted by Crippen LogP contribution is -2.18. The minimum Gasteiger partial charge on any atom is -0.365 e. The summed E-state index contributed by atoms with van der Waals surface area (Å²) in [6.45, 7) is 6.94. The predicted molar refractivity (Wildman–Crippen MR) is 57.8 cm³/mol. The van der Waals surface area contributed by atoms with E-state index >= 15 is 0 Å². The van der Waals surface area contributed by atoms with E-state index in [0.717, 1.165) is 0 Å². The Morgan fingerprint density at radius 3 is 2.62 bits per heavy atom. The highest BCUT2D eigenvalue weighted by Gasteiger charge is 2.21. The van der Waals surface area contributed by atoms with Crippen molar-refractivity contribution in [1.82, 2.24) is 4.98 Å². The van der Waals surface area contributed by atoms with Crippen LogP contribution in [-0.2, 0) is 6.42 Å². The van der Waals surface area contributed by atoms with Crippen LogP contribution in [0.25, 0.3) is 0 Å². The van der Waals surface area contributed by atoms with Gasteiger partial charge in [0.2, 0.25) is 0 Å². The number of rotatable bonds is 5. The largest absolute Gasteiger partial charge is 0.365 e. The van der Waals surface area contributed by atoms with Gasteiger partial charge in [0, 0.05) is 11.9 Å². The highest BCUT2D eigenvalue weighted by Crippen LogP contribution is 2.30. The van der Waals surface area contributed by atoms with E-state index in [2.05, 4.69) is 37.9 Å². The van der Waals surface area contributed by atoms with Gasteiger partial charge in [-0.3, -0.25) is 0 Å². The molecule has 1 heteroatoms. The van der Waals surface area contributed by atoms with Crippen LogP contribution < -0.4 is 0 Å². The monoisotopic (exact) mass is 179 g/mol.